The Kier molecular flexibility index (Phi) is 7.18. The first-order valence-electron chi connectivity index (χ1n) is 7.75. The van der Waals surface area contributed by atoms with Crippen LogP contribution < -0.4 is 29.6 Å². The first kappa shape index (κ1) is 21.8. The van der Waals surface area contributed by atoms with Crippen molar-refractivity contribution >= 4 is 20.1 Å². The van der Waals surface area contributed by atoms with E-state index in [2.05, 4.69) is 6.92 Å². The van der Waals surface area contributed by atoms with Crippen LogP contribution in [0.25, 0.3) is 0 Å². The Balaban J connectivity index is 0.00000264. The molecule has 0 N–H and O–H groups in total. The summed E-state index contributed by atoms with van der Waals surface area (Å²) >= 11 is 0. The molecule has 2 fully saturated rings. The van der Waals surface area contributed by atoms with Crippen LogP contribution in [0.1, 0.15) is 46.0 Å². The van der Waals surface area contributed by atoms with Crippen LogP contribution in [0.2, 0.25) is 0 Å². The Hall–Kier alpha value is 0.780. The van der Waals surface area contributed by atoms with Crippen molar-refractivity contribution < 1.29 is 59.6 Å². The minimum absolute atomic E-state index is 0. The number of quaternary nitrogens is 1. The monoisotopic (exact) mass is 378 g/mol. The van der Waals surface area contributed by atoms with Crippen LogP contribution in [-0.2, 0) is 24.9 Å². The van der Waals surface area contributed by atoms with Gasteiger partial charge in [-0.15, -0.1) is 0 Å². The summed E-state index contributed by atoms with van der Waals surface area (Å²) in [5.41, 5.74) is 0. The maximum Gasteiger partial charge on any atom is 1.00 e. The molecule has 23 heavy (non-hydrogen) atoms. The van der Waals surface area contributed by atoms with Crippen molar-refractivity contribution in [3.05, 3.63) is 0 Å². The normalized spacial score (nSPS) is 35.7. The molecule has 1 saturated heterocycles. The molecule has 0 radical (unpaired) electrons. The summed E-state index contributed by atoms with van der Waals surface area (Å²) in [6.45, 7) is 4.79. The van der Waals surface area contributed by atoms with Gasteiger partial charge in [0.2, 0.25) is 0 Å². The van der Waals surface area contributed by atoms with E-state index in [-0.39, 0.29) is 46.6 Å². The zero-order valence-corrected chi connectivity index (χ0v) is 17.8. The van der Waals surface area contributed by atoms with Crippen molar-refractivity contribution in [3.8, 4) is 0 Å². The summed E-state index contributed by atoms with van der Waals surface area (Å²) in [5.74, 6) is -0.352. The van der Waals surface area contributed by atoms with Gasteiger partial charge >= 0.3 is 39.6 Å². The maximum absolute atomic E-state index is 12.7. The van der Waals surface area contributed by atoms with Gasteiger partial charge in [0.15, 0.2) is 0 Å². The number of nitrogens with zero attached hydrogens (tertiary/aromatic N) is 1. The molecule has 2 rings (SSSR count). The molecule has 1 atom stereocenters. The topological polar surface area (TPSA) is 101 Å². The molecule has 0 aromatic rings. The quantitative estimate of drug-likeness (QED) is 0.167. The first-order chi connectivity index (χ1) is 10.1. The van der Waals surface area contributed by atoms with Gasteiger partial charge in [-0.05, 0) is 25.2 Å². The van der Waals surface area contributed by atoms with Crippen LogP contribution in [0.4, 0.5) is 0 Å². The van der Waals surface area contributed by atoms with Gasteiger partial charge < -0.3 is 9.29 Å². The minimum atomic E-state index is -4.43. The Morgan fingerprint density at radius 1 is 1.26 bits per heavy atom. The Morgan fingerprint density at radius 3 is 2.30 bits per heavy atom. The van der Waals surface area contributed by atoms with Crippen LogP contribution in [0.3, 0.4) is 0 Å². The molecule has 1 saturated carbocycles. The summed E-state index contributed by atoms with van der Waals surface area (Å²) in [5, 5.41) is 0. The molecular formula is C13H25NNaO6S2+. The van der Waals surface area contributed by atoms with Crippen molar-refractivity contribution in [1.82, 2.24) is 0 Å². The standard InChI is InChI=1S/C13H25NO6S2.Na/c1-3-8-14(9-10-20-11-21(15,16)17)13(22(14,18)19)6-4-12(2)5-7-13;/h12H,3-11H2,1-2H3;/q;+1. The van der Waals surface area contributed by atoms with E-state index in [0.29, 0.717) is 25.3 Å². The van der Waals surface area contributed by atoms with Crippen molar-refractivity contribution in [1.29, 1.82) is 0 Å². The second-order valence-electron chi connectivity index (χ2n) is 6.52. The first-order valence-corrected chi connectivity index (χ1v) is 10.8. The number of hydrogen-bond donors (Lipinski definition) is 0. The zero-order chi connectivity index (χ0) is 16.6. The fourth-order valence-electron chi connectivity index (χ4n) is 3.92. The van der Waals surface area contributed by atoms with Crippen LogP contribution in [0, 0.1) is 5.92 Å². The molecule has 0 amide bonds. The van der Waals surface area contributed by atoms with Crippen LogP contribution in [-0.4, -0.2) is 55.8 Å². The minimum Gasteiger partial charge on any atom is -0.746 e. The summed E-state index contributed by atoms with van der Waals surface area (Å²) in [4.78, 5) is -0.699. The predicted octanol–water partition coefficient (Wildman–Crippen LogP) is -2.01. The van der Waals surface area contributed by atoms with Crippen LogP contribution in [0.15, 0.2) is 0 Å². The van der Waals surface area contributed by atoms with Crippen molar-refractivity contribution in [3.63, 3.8) is 0 Å². The molecule has 1 aliphatic heterocycles. The van der Waals surface area contributed by atoms with E-state index in [1.54, 1.807) is 0 Å². The maximum atomic E-state index is 12.7. The number of hydrogen-bond acceptors (Lipinski definition) is 6. The Morgan fingerprint density at radius 2 is 1.83 bits per heavy atom. The molecule has 1 unspecified atom stereocenters. The third-order valence-electron chi connectivity index (χ3n) is 5.12. The third-order valence-corrected chi connectivity index (χ3v) is 8.75. The van der Waals surface area contributed by atoms with Crippen LogP contribution >= 0.6 is 0 Å². The van der Waals surface area contributed by atoms with Crippen molar-refractivity contribution in [2.24, 2.45) is 5.92 Å². The third kappa shape index (κ3) is 3.81. The van der Waals surface area contributed by atoms with Gasteiger partial charge in [0, 0.05) is 12.8 Å². The van der Waals surface area contributed by atoms with Gasteiger partial charge in [-0.25, -0.2) is 8.42 Å². The van der Waals surface area contributed by atoms with Gasteiger partial charge in [-0.2, -0.15) is 12.3 Å². The van der Waals surface area contributed by atoms with Gasteiger partial charge in [0.05, 0.1) is 13.2 Å². The zero-order valence-electron chi connectivity index (χ0n) is 14.2. The van der Waals surface area contributed by atoms with Gasteiger partial charge in [0.1, 0.15) is 22.6 Å². The predicted molar refractivity (Wildman–Crippen MR) is 80.1 cm³/mol. The largest absolute Gasteiger partial charge is 1.00 e. The fraction of sp³-hybridized carbons (Fsp3) is 1.00. The summed E-state index contributed by atoms with van der Waals surface area (Å²) < 4.78 is 62.0. The average Bonchev–Trinajstić information content (AvgIpc) is 2.79. The Bertz CT molecular complexity index is 612. The molecule has 1 heterocycles. The van der Waals surface area contributed by atoms with E-state index < -0.39 is 31.0 Å². The SMILES string of the molecule is CCC[N+]1(CCOCS(=O)(=O)[O-])C2(CCC(C)CC2)S1(=O)=O.[Na+]. The van der Waals surface area contributed by atoms with Gasteiger partial charge in [0.25, 0.3) is 4.87 Å². The molecule has 10 heteroatoms. The molecular weight excluding hydrogens is 353 g/mol. The second kappa shape index (κ2) is 7.57. The van der Waals surface area contributed by atoms with Crippen molar-refractivity contribution in [2.75, 3.05) is 25.6 Å². The second-order valence-corrected chi connectivity index (χ2v) is 10.3. The van der Waals surface area contributed by atoms with E-state index in [0.717, 1.165) is 19.3 Å². The summed E-state index contributed by atoms with van der Waals surface area (Å²) in [6.07, 6.45) is 3.86. The summed E-state index contributed by atoms with van der Waals surface area (Å²) in [7, 11) is -7.69. The van der Waals surface area contributed by atoms with Gasteiger partial charge in [-0.1, -0.05) is 13.8 Å². The van der Waals surface area contributed by atoms with E-state index in [1.165, 1.54) is 0 Å². The molecule has 7 nitrogen and oxygen atoms in total. The number of rotatable bonds is 7. The molecule has 130 valence electrons. The molecule has 0 aromatic heterocycles. The van der Waals surface area contributed by atoms with E-state index in [1.807, 2.05) is 6.92 Å². The van der Waals surface area contributed by atoms with E-state index in [9.17, 15) is 21.4 Å². The average molecular weight is 378 g/mol. The molecule has 1 aliphatic carbocycles. The molecule has 2 aliphatic rings. The van der Waals surface area contributed by atoms with Crippen LogP contribution in [0.5, 0.6) is 0 Å². The molecule has 1 spiro atoms. The molecule has 0 aromatic carbocycles. The van der Waals surface area contributed by atoms with Gasteiger partial charge in [-0.3, -0.25) is 0 Å². The smallest absolute Gasteiger partial charge is 0.746 e. The number of ether oxygens (including phenoxy) is 1. The van der Waals surface area contributed by atoms with E-state index >= 15 is 0 Å². The Labute approximate surface area is 161 Å². The molecule has 0 bridgehead atoms. The fourth-order valence-corrected chi connectivity index (χ4v) is 7.37. The van der Waals surface area contributed by atoms with Crippen molar-refractivity contribution in [2.45, 2.75) is 50.8 Å². The van der Waals surface area contributed by atoms with E-state index in [4.69, 9.17) is 4.74 Å². The number of sulfonamides is 1. The summed E-state index contributed by atoms with van der Waals surface area (Å²) in [6, 6.07) is 0.